The fraction of sp³-hybridized carbons (Fsp3) is 0.333. The summed E-state index contributed by atoms with van der Waals surface area (Å²) in [4.78, 5) is 33.9. The Morgan fingerprint density at radius 1 is 1.23 bits per heavy atom. The number of ether oxygens (including phenoxy) is 2. The van der Waals surface area contributed by atoms with Gasteiger partial charge < -0.3 is 19.4 Å². The Hall–Kier alpha value is -3.62. The van der Waals surface area contributed by atoms with Crippen molar-refractivity contribution in [2.75, 3.05) is 27.3 Å². The van der Waals surface area contributed by atoms with Crippen LogP contribution >= 0.6 is 0 Å². The first-order valence-corrected chi connectivity index (χ1v) is 9.66. The van der Waals surface area contributed by atoms with Gasteiger partial charge in [-0.2, -0.15) is 0 Å². The molecule has 1 amide bonds. The van der Waals surface area contributed by atoms with Crippen molar-refractivity contribution in [3.05, 3.63) is 57.9 Å². The number of methoxy groups -OCH3 is 2. The van der Waals surface area contributed by atoms with E-state index in [4.69, 9.17) is 9.47 Å². The van der Waals surface area contributed by atoms with Crippen LogP contribution in [0.4, 0.5) is 5.69 Å². The van der Waals surface area contributed by atoms with Gasteiger partial charge in [-0.3, -0.25) is 14.9 Å². The summed E-state index contributed by atoms with van der Waals surface area (Å²) in [5.74, 6) is 0.949. The number of likely N-dealkylation sites (tertiary alicyclic amines) is 1. The second kappa shape index (κ2) is 8.02. The van der Waals surface area contributed by atoms with Gasteiger partial charge >= 0.3 is 0 Å². The van der Waals surface area contributed by atoms with Crippen LogP contribution in [0.15, 0.2) is 36.4 Å². The van der Waals surface area contributed by atoms with E-state index in [2.05, 4.69) is 9.97 Å². The van der Waals surface area contributed by atoms with Crippen LogP contribution < -0.4 is 9.47 Å². The predicted octanol–water partition coefficient (Wildman–Crippen LogP) is 3.51. The van der Waals surface area contributed by atoms with Crippen LogP contribution in [0, 0.1) is 10.1 Å². The number of nitrogens with zero attached hydrogens (tertiary/aromatic N) is 3. The largest absolute Gasteiger partial charge is 0.493 e. The minimum absolute atomic E-state index is 0.0112. The number of para-hydroxylation sites is 2. The molecule has 1 aromatic heterocycles. The number of nitro benzene ring substituents is 1. The van der Waals surface area contributed by atoms with E-state index in [0.717, 1.165) is 29.7 Å². The average Bonchev–Trinajstić information content (AvgIpc) is 3.22. The van der Waals surface area contributed by atoms with E-state index in [1.807, 2.05) is 24.3 Å². The summed E-state index contributed by atoms with van der Waals surface area (Å²) in [6, 6.07) is 10.4. The zero-order valence-corrected chi connectivity index (χ0v) is 16.8. The summed E-state index contributed by atoms with van der Waals surface area (Å²) in [6.45, 7) is 0.964. The second-order valence-corrected chi connectivity index (χ2v) is 7.21. The first-order chi connectivity index (χ1) is 14.5. The number of nitro groups is 1. The quantitative estimate of drug-likeness (QED) is 0.509. The number of carbonyl (C=O) groups is 1. The summed E-state index contributed by atoms with van der Waals surface area (Å²) in [6.07, 6.45) is 1.67. The van der Waals surface area contributed by atoms with Gasteiger partial charge in [-0.1, -0.05) is 12.1 Å². The van der Waals surface area contributed by atoms with Crippen molar-refractivity contribution in [2.45, 2.75) is 18.8 Å². The molecular formula is C21H22N4O5. The number of imidazole rings is 1. The third-order valence-electron chi connectivity index (χ3n) is 5.43. The van der Waals surface area contributed by atoms with E-state index in [1.165, 1.54) is 26.4 Å². The zero-order valence-electron chi connectivity index (χ0n) is 16.8. The number of benzene rings is 2. The summed E-state index contributed by atoms with van der Waals surface area (Å²) in [7, 11) is 2.82. The molecule has 1 atom stereocenters. The van der Waals surface area contributed by atoms with E-state index in [-0.39, 0.29) is 28.7 Å². The smallest absolute Gasteiger partial charge is 0.286 e. The number of aromatic amines is 1. The molecule has 0 saturated carbocycles. The van der Waals surface area contributed by atoms with E-state index in [0.29, 0.717) is 13.1 Å². The van der Waals surface area contributed by atoms with Crippen LogP contribution in [0.2, 0.25) is 0 Å². The van der Waals surface area contributed by atoms with Crippen molar-refractivity contribution in [1.29, 1.82) is 0 Å². The molecule has 9 nitrogen and oxygen atoms in total. The molecule has 156 valence electrons. The average molecular weight is 410 g/mol. The molecule has 4 rings (SSSR count). The van der Waals surface area contributed by atoms with Crippen LogP contribution in [0.1, 0.15) is 34.9 Å². The minimum Gasteiger partial charge on any atom is -0.493 e. The molecular weight excluding hydrogens is 388 g/mol. The fourth-order valence-corrected chi connectivity index (χ4v) is 3.91. The first kappa shape index (κ1) is 19.7. The van der Waals surface area contributed by atoms with Crippen molar-refractivity contribution >= 4 is 22.6 Å². The molecule has 0 radical (unpaired) electrons. The minimum atomic E-state index is -0.574. The standard InChI is InChI=1S/C21H22N4O5/c1-29-18-10-14(17(25(27)28)11-19(18)30-2)21(26)24-9-5-6-13(12-24)20-22-15-7-3-4-8-16(15)23-20/h3-4,7-8,10-11,13H,5-6,9,12H2,1-2H3,(H,22,23). The van der Waals surface area contributed by atoms with Crippen molar-refractivity contribution in [2.24, 2.45) is 0 Å². The molecule has 0 spiro atoms. The Kier molecular flexibility index (Phi) is 5.26. The summed E-state index contributed by atoms with van der Waals surface area (Å²) in [5.41, 5.74) is 1.52. The number of carbonyl (C=O) groups excluding carboxylic acids is 1. The molecule has 1 unspecified atom stereocenters. The Balaban J connectivity index is 1.63. The highest BCUT2D eigenvalue weighted by Crippen LogP contribution is 2.36. The van der Waals surface area contributed by atoms with Gasteiger partial charge in [0.15, 0.2) is 11.5 Å². The first-order valence-electron chi connectivity index (χ1n) is 9.66. The molecule has 0 bridgehead atoms. The molecule has 2 aromatic carbocycles. The third kappa shape index (κ3) is 3.54. The lowest BCUT2D eigenvalue weighted by Gasteiger charge is -2.32. The van der Waals surface area contributed by atoms with Gasteiger partial charge in [0.05, 0.1) is 36.2 Å². The van der Waals surface area contributed by atoms with Crippen LogP contribution in [-0.4, -0.2) is 53.0 Å². The Labute approximate surface area is 172 Å². The van der Waals surface area contributed by atoms with Gasteiger partial charge in [0.1, 0.15) is 11.4 Å². The highest BCUT2D eigenvalue weighted by Gasteiger charge is 2.32. The van der Waals surface area contributed by atoms with Crippen LogP contribution in [0.25, 0.3) is 11.0 Å². The van der Waals surface area contributed by atoms with Gasteiger partial charge in [0.25, 0.3) is 11.6 Å². The van der Waals surface area contributed by atoms with Crippen LogP contribution in [0.5, 0.6) is 11.5 Å². The van der Waals surface area contributed by atoms with E-state index < -0.39 is 10.8 Å². The normalized spacial score (nSPS) is 16.5. The molecule has 1 aliphatic rings. The number of hydrogen-bond donors (Lipinski definition) is 1. The number of rotatable bonds is 5. The number of piperidine rings is 1. The molecule has 3 aromatic rings. The van der Waals surface area contributed by atoms with Crippen LogP contribution in [-0.2, 0) is 0 Å². The molecule has 0 aliphatic carbocycles. The summed E-state index contributed by atoms with van der Waals surface area (Å²) >= 11 is 0. The van der Waals surface area contributed by atoms with E-state index >= 15 is 0 Å². The van der Waals surface area contributed by atoms with E-state index in [9.17, 15) is 14.9 Å². The van der Waals surface area contributed by atoms with Crippen molar-refractivity contribution in [3.8, 4) is 11.5 Å². The Morgan fingerprint density at radius 2 is 1.97 bits per heavy atom. The van der Waals surface area contributed by atoms with Gasteiger partial charge in [0.2, 0.25) is 0 Å². The molecule has 1 aliphatic heterocycles. The SMILES string of the molecule is COc1cc(C(=O)N2CCCC(c3nc4ccccc4[nH]3)C2)c([N+](=O)[O-])cc1OC. The monoisotopic (exact) mass is 410 g/mol. The van der Waals surface area contributed by atoms with Gasteiger partial charge in [0, 0.05) is 25.1 Å². The highest BCUT2D eigenvalue weighted by molar-refractivity contribution is 5.99. The van der Waals surface area contributed by atoms with Crippen LogP contribution in [0.3, 0.4) is 0 Å². The van der Waals surface area contributed by atoms with Crippen molar-refractivity contribution < 1.29 is 19.2 Å². The molecule has 2 heterocycles. The van der Waals surface area contributed by atoms with Crippen molar-refractivity contribution in [3.63, 3.8) is 0 Å². The maximum atomic E-state index is 13.2. The third-order valence-corrected chi connectivity index (χ3v) is 5.43. The molecule has 9 heteroatoms. The van der Waals surface area contributed by atoms with Gasteiger partial charge in [-0.05, 0) is 25.0 Å². The zero-order chi connectivity index (χ0) is 21.3. The lowest BCUT2D eigenvalue weighted by Crippen LogP contribution is -2.39. The summed E-state index contributed by atoms with van der Waals surface area (Å²) in [5, 5.41) is 11.6. The number of hydrogen-bond acceptors (Lipinski definition) is 6. The topological polar surface area (TPSA) is 111 Å². The maximum absolute atomic E-state index is 13.2. The molecule has 1 saturated heterocycles. The summed E-state index contributed by atoms with van der Waals surface area (Å²) < 4.78 is 10.4. The molecule has 1 fully saturated rings. The number of amides is 1. The van der Waals surface area contributed by atoms with Crippen molar-refractivity contribution in [1.82, 2.24) is 14.9 Å². The Morgan fingerprint density at radius 3 is 2.67 bits per heavy atom. The number of fused-ring (bicyclic) bond motifs is 1. The van der Waals surface area contributed by atoms with Gasteiger partial charge in [-0.25, -0.2) is 4.98 Å². The maximum Gasteiger partial charge on any atom is 0.286 e. The highest BCUT2D eigenvalue weighted by atomic mass is 16.6. The second-order valence-electron chi connectivity index (χ2n) is 7.21. The fourth-order valence-electron chi connectivity index (χ4n) is 3.91. The van der Waals surface area contributed by atoms with Gasteiger partial charge in [-0.15, -0.1) is 0 Å². The lowest BCUT2D eigenvalue weighted by atomic mass is 9.96. The predicted molar refractivity (Wildman–Crippen MR) is 110 cm³/mol. The number of aromatic nitrogens is 2. The molecule has 30 heavy (non-hydrogen) atoms. The molecule has 1 N–H and O–H groups in total. The number of nitrogens with one attached hydrogen (secondary N) is 1. The Bertz CT molecular complexity index is 1080. The number of H-pyrrole nitrogens is 1. The van der Waals surface area contributed by atoms with E-state index in [1.54, 1.807) is 4.90 Å². The lowest BCUT2D eigenvalue weighted by molar-refractivity contribution is -0.385.